The standard InChI is InChI=1S/C21H30FN5O6S.C2HF3O2/c1-14-16(27-5-3-4-18(27)28)12-15(22)13-17(14)34(31,32)24-19(20(23)29)21(30)26-8-6-25(7-9-26)10-11-33-2;3-2(4,5)1(6)7/h12-13,19,24H,3-11H2,1-2H3,(H2,23,29);(H,6,7)/t19-;/m0./s1. The molecule has 1 atom stereocenters. The number of piperazine rings is 1. The van der Waals surface area contributed by atoms with Gasteiger partial charge >= 0.3 is 12.1 Å². The van der Waals surface area contributed by atoms with Gasteiger partial charge in [-0.05, 0) is 31.0 Å². The lowest BCUT2D eigenvalue weighted by atomic mass is 10.2. The number of carboxylic acids is 1. The summed E-state index contributed by atoms with van der Waals surface area (Å²) in [6, 6.07) is 0.0333. The number of anilines is 1. The monoisotopic (exact) mass is 613 g/mol. The van der Waals surface area contributed by atoms with Gasteiger partial charge in [-0.3, -0.25) is 19.3 Å². The van der Waals surface area contributed by atoms with Gasteiger partial charge in [-0.1, -0.05) is 0 Å². The van der Waals surface area contributed by atoms with Crippen LogP contribution in [0.25, 0.3) is 0 Å². The van der Waals surface area contributed by atoms with Gasteiger partial charge in [0.25, 0.3) is 5.91 Å². The van der Waals surface area contributed by atoms with E-state index >= 15 is 0 Å². The summed E-state index contributed by atoms with van der Waals surface area (Å²) in [6.07, 6.45) is -4.22. The normalized spacial score (nSPS) is 17.2. The SMILES string of the molecule is COCCN1CCN(C(=O)[C@@H](NS(=O)(=O)c2cc(F)cc(N3CCCC3=O)c2C)C(N)=O)CC1.O=C(O)C(F)(F)F. The van der Waals surface area contributed by atoms with Crippen LogP contribution < -0.4 is 15.4 Å². The van der Waals surface area contributed by atoms with Gasteiger partial charge < -0.3 is 25.4 Å². The van der Waals surface area contributed by atoms with Gasteiger partial charge in [0.1, 0.15) is 5.82 Å². The van der Waals surface area contributed by atoms with Crippen molar-refractivity contribution in [3.05, 3.63) is 23.5 Å². The van der Waals surface area contributed by atoms with Gasteiger partial charge in [-0.15, -0.1) is 0 Å². The third kappa shape index (κ3) is 9.07. The number of carbonyl (C=O) groups is 4. The maximum atomic E-state index is 14.4. The van der Waals surface area contributed by atoms with Crippen molar-refractivity contribution >= 4 is 39.4 Å². The molecule has 0 aromatic heterocycles. The molecule has 0 saturated carbocycles. The van der Waals surface area contributed by atoms with Crippen LogP contribution in [0.3, 0.4) is 0 Å². The number of carbonyl (C=O) groups excluding carboxylic acids is 3. The molecule has 2 aliphatic heterocycles. The van der Waals surface area contributed by atoms with Crippen LogP contribution in [0.1, 0.15) is 18.4 Å². The number of halogens is 4. The van der Waals surface area contributed by atoms with E-state index in [-0.39, 0.29) is 36.7 Å². The van der Waals surface area contributed by atoms with Gasteiger partial charge in [-0.25, -0.2) is 17.6 Å². The van der Waals surface area contributed by atoms with Gasteiger partial charge in [0.15, 0.2) is 6.04 Å². The number of rotatable bonds is 9. The first-order valence-corrected chi connectivity index (χ1v) is 13.7. The van der Waals surface area contributed by atoms with Crippen molar-refractivity contribution in [3.8, 4) is 0 Å². The molecule has 3 rings (SSSR count). The fourth-order valence-corrected chi connectivity index (χ4v) is 5.58. The summed E-state index contributed by atoms with van der Waals surface area (Å²) in [4.78, 5) is 50.4. The van der Waals surface area contributed by atoms with Crippen LogP contribution in [0.4, 0.5) is 23.2 Å². The van der Waals surface area contributed by atoms with Crippen molar-refractivity contribution in [2.45, 2.75) is 36.9 Å². The number of methoxy groups -OCH3 is 1. The van der Waals surface area contributed by atoms with E-state index in [1.807, 2.05) is 0 Å². The average Bonchev–Trinajstić information content (AvgIpc) is 3.32. The fourth-order valence-electron chi connectivity index (χ4n) is 4.15. The van der Waals surface area contributed by atoms with Crippen molar-refractivity contribution < 1.29 is 55.0 Å². The highest BCUT2D eigenvalue weighted by atomic mass is 32.2. The summed E-state index contributed by atoms with van der Waals surface area (Å²) in [5.74, 6) is -5.80. The number of aliphatic carboxylic acids is 1. The topological polar surface area (TPSA) is 180 Å². The molecule has 1 aromatic carbocycles. The Morgan fingerprint density at radius 3 is 2.20 bits per heavy atom. The molecule has 3 amide bonds. The van der Waals surface area contributed by atoms with E-state index in [2.05, 4.69) is 9.62 Å². The number of carboxylic acid groups (broad SMARTS) is 1. The zero-order valence-electron chi connectivity index (χ0n) is 22.2. The number of primary amides is 1. The lowest BCUT2D eigenvalue weighted by Gasteiger charge is -2.35. The molecular weight excluding hydrogens is 582 g/mol. The number of nitrogens with zero attached hydrogens (tertiary/aromatic N) is 3. The number of hydrogen-bond donors (Lipinski definition) is 3. The number of alkyl halides is 3. The average molecular weight is 614 g/mol. The van der Waals surface area contributed by atoms with E-state index in [0.29, 0.717) is 39.2 Å². The van der Waals surface area contributed by atoms with E-state index in [9.17, 15) is 40.4 Å². The Hall–Kier alpha value is -3.35. The summed E-state index contributed by atoms with van der Waals surface area (Å²) in [5.41, 5.74) is 5.64. The molecule has 0 spiro atoms. The number of benzene rings is 1. The lowest BCUT2D eigenvalue weighted by Crippen LogP contribution is -2.58. The molecule has 1 aromatic rings. The zero-order chi connectivity index (χ0) is 31.1. The number of nitrogens with two attached hydrogens (primary N) is 1. The third-order valence-electron chi connectivity index (χ3n) is 6.29. The highest BCUT2D eigenvalue weighted by molar-refractivity contribution is 7.89. The quantitative estimate of drug-likeness (QED) is 0.252. The molecule has 230 valence electrons. The molecule has 0 radical (unpaired) electrons. The number of ether oxygens (including phenoxy) is 1. The molecule has 2 heterocycles. The molecule has 41 heavy (non-hydrogen) atoms. The molecule has 0 unspecified atom stereocenters. The molecule has 2 aliphatic rings. The highest BCUT2D eigenvalue weighted by Gasteiger charge is 2.38. The summed E-state index contributed by atoms with van der Waals surface area (Å²) in [5, 5.41) is 7.12. The van der Waals surface area contributed by atoms with E-state index in [4.69, 9.17) is 20.4 Å². The van der Waals surface area contributed by atoms with Crippen LogP contribution in [0, 0.1) is 12.7 Å². The maximum Gasteiger partial charge on any atom is 0.490 e. The van der Waals surface area contributed by atoms with Gasteiger partial charge in [0.2, 0.25) is 21.8 Å². The van der Waals surface area contributed by atoms with E-state index in [0.717, 1.165) is 12.1 Å². The Kier molecular flexibility index (Phi) is 11.6. The molecule has 4 N–H and O–H groups in total. The number of sulfonamides is 1. The maximum absolute atomic E-state index is 14.4. The van der Waals surface area contributed by atoms with Gasteiger partial charge in [0.05, 0.1) is 17.2 Å². The molecule has 0 bridgehead atoms. The van der Waals surface area contributed by atoms with Crippen molar-refractivity contribution in [1.29, 1.82) is 0 Å². The summed E-state index contributed by atoms with van der Waals surface area (Å²) in [7, 11) is -2.94. The first kappa shape index (κ1) is 33.9. The molecule has 13 nitrogen and oxygen atoms in total. The van der Waals surface area contributed by atoms with Crippen LogP contribution in [0.2, 0.25) is 0 Å². The molecule has 0 aliphatic carbocycles. The first-order chi connectivity index (χ1) is 19.0. The number of amides is 3. The molecule has 18 heteroatoms. The Labute approximate surface area is 233 Å². The Bertz CT molecular complexity index is 1250. The first-order valence-electron chi connectivity index (χ1n) is 12.2. The zero-order valence-corrected chi connectivity index (χ0v) is 23.1. The van der Waals surface area contributed by atoms with Crippen molar-refractivity contribution in [1.82, 2.24) is 14.5 Å². The van der Waals surface area contributed by atoms with Crippen molar-refractivity contribution in [2.24, 2.45) is 5.73 Å². The van der Waals surface area contributed by atoms with Crippen molar-refractivity contribution in [2.75, 3.05) is 57.9 Å². The van der Waals surface area contributed by atoms with Crippen LogP contribution in [-0.2, 0) is 33.9 Å². The highest BCUT2D eigenvalue weighted by Crippen LogP contribution is 2.31. The summed E-state index contributed by atoms with van der Waals surface area (Å²) >= 11 is 0. The second kappa shape index (κ2) is 14.0. The van der Waals surface area contributed by atoms with E-state index < -0.39 is 50.7 Å². The van der Waals surface area contributed by atoms with Crippen LogP contribution in [-0.4, -0.2) is 112 Å². The Morgan fingerprint density at radius 2 is 1.73 bits per heavy atom. The van der Waals surface area contributed by atoms with Crippen LogP contribution in [0.5, 0.6) is 0 Å². The second-order valence-corrected chi connectivity index (χ2v) is 10.8. The predicted molar refractivity (Wildman–Crippen MR) is 135 cm³/mol. The minimum atomic E-state index is -5.08. The number of hydrogen-bond acceptors (Lipinski definition) is 8. The summed E-state index contributed by atoms with van der Waals surface area (Å²) in [6.45, 7) is 4.64. The fraction of sp³-hybridized carbons (Fsp3) is 0.565. The lowest BCUT2D eigenvalue weighted by molar-refractivity contribution is -0.192. The second-order valence-electron chi connectivity index (χ2n) is 9.12. The van der Waals surface area contributed by atoms with Crippen molar-refractivity contribution in [3.63, 3.8) is 0 Å². The summed E-state index contributed by atoms with van der Waals surface area (Å²) < 4.78 is 79.5. The Balaban J connectivity index is 0.000000745. The molecule has 2 saturated heterocycles. The third-order valence-corrected chi connectivity index (χ3v) is 7.84. The van der Waals surface area contributed by atoms with Crippen LogP contribution in [0.15, 0.2) is 17.0 Å². The van der Waals surface area contributed by atoms with E-state index in [1.54, 1.807) is 7.11 Å². The molecular formula is C23H31F4N5O8S. The van der Waals surface area contributed by atoms with Gasteiger partial charge in [0, 0.05) is 52.8 Å². The van der Waals surface area contributed by atoms with Gasteiger partial charge in [-0.2, -0.15) is 17.9 Å². The van der Waals surface area contributed by atoms with E-state index in [1.165, 1.54) is 16.7 Å². The molecule has 2 fully saturated rings. The minimum Gasteiger partial charge on any atom is -0.475 e. The largest absolute Gasteiger partial charge is 0.490 e. The van der Waals surface area contributed by atoms with Crippen LogP contribution >= 0.6 is 0 Å². The Morgan fingerprint density at radius 1 is 1.15 bits per heavy atom. The smallest absolute Gasteiger partial charge is 0.475 e. The predicted octanol–water partition coefficient (Wildman–Crippen LogP) is -0.183. The minimum absolute atomic E-state index is 0.131. The number of nitrogens with one attached hydrogen (secondary N) is 1.